The molecule has 0 fully saturated rings. The zero-order valence-electron chi connectivity index (χ0n) is 8.80. The van der Waals surface area contributed by atoms with E-state index in [4.69, 9.17) is 0 Å². The van der Waals surface area contributed by atoms with E-state index in [1.54, 1.807) is 0 Å². The molecule has 16 heavy (non-hydrogen) atoms. The van der Waals surface area contributed by atoms with Gasteiger partial charge in [0.05, 0.1) is 0 Å². The predicted molar refractivity (Wildman–Crippen MR) is 67.2 cm³/mol. The molecule has 3 rings (SSSR count). The van der Waals surface area contributed by atoms with Crippen LogP contribution in [0.25, 0.3) is 21.9 Å². The van der Waals surface area contributed by atoms with E-state index in [2.05, 4.69) is 47.4 Å². The molecule has 0 N–H and O–H groups in total. The molecule has 0 atom stereocenters. The van der Waals surface area contributed by atoms with E-state index >= 15 is 0 Å². The van der Waals surface area contributed by atoms with E-state index in [1.165, 1.54) is 21.9 Å². The number of pyridine rings is 1. The van der Waals surface area contributed by atoms with Gasteiger partial charge < -0.3 is 0 Å². The van der Waals surface area contributed by atoms with Crippen LogP contribution in [0.15, 0.2) is 67.0 Å². The maximum atomic E-state index is 4.20. The Kier molecular flexibility index (Phi) is 2.15. The summed E-state index contributed by atoms with van der Waals surface area (Å²) in [7, 11) is 0. The molecular formula is C15H11N. The number of rotatable bonds is 1. The second-order valence-electron chi connectivity index (χ2n) is 3.77. The molecule has 1 aromatic heterocycles. The molecule has 0 bridgehead atoms. The smallest absolute Gasteiger partial charge is 0.0352 e. The average molecular weight is 205 g/mol. The van der Waals surface area contributed by atoms with Crippen LogP contribution in [-0.2, 0) is 0 Å². The van der Waals surface area contributed by atoms with Gasteiger partial charge >= 0.3 is 0 Å². The number of fused-ring (bicyclic) bond motifs is 1. The van der Waals surface area contributed by atoms with Crippen molar-refractivity contribution in [3.05, 3.63) is 67.0 Å². The quantitative estimate of drug-likeness (QED) is 0.587. The van der Waals surface area contributed by atoms with Crippen LogP contribution < -0.4 is 0 Å². The first-order chi connectivity index (χ1) is 7.95. The molecule has 76 valence electrons. The maximum absolute atomic E-state index is 4.20. The lowest BCUT2D eigenvalue weighted by molar-refractivity contribution is 1.36. The summed E-state index contributed by atoms with van der Waals surface area (Å²) < 4.78 is 0. The van der Waals surface area contributed by atoms with E-state index in [-0.39, 0.29) is 0 Å². The molecule has 0 aliphatic heterocycles. The Morgan fingerprint density at radius 1 is 0.750 bits per heavy atom. The molecule has 1 nitrogen and oxygen atoms in total. The van der Waals surface area contributed by atoms with Crippen LogP contribution in [0.5, 0.6) is 0 Å². The Morgan fingerprint density at radius 3 is 2.50 bits per heavy atom. The fourth-order valence-electron chi connectivity index (χ4n) is 1.98. The lowest BCUT2D eigenvalue weighted by atomic mass is 10.00. The standard InChI is InChI=1S/C15H11N/c1-2-5-12(6-3-1)14-8-4-7-13-9-10-16-11-15(13)14/h1-11H. The highest BCUT2D eigenvalue weighted by molar-refractivity contribution is 5.95. The maximum Gasteiger partial charge on any atom is 0.0352 e. The SMILES string of the molecule is c1ccc(-c2cccc3ccncc23)cc1. The van der Waals surface area contributed by atoms with Crippen molar-refractivity contribution in [2.45, 2.75) is 0 Å². The van der Waals surface area contributed by atoms with Gasteiger partial charge in [-0.1, -0.05) is 48.5 Å². The van der Waals surface area contributed by atoms with Crippen LogP contribution in [0, 0.1) is 0 Å². The van der Waals surface area contributed by atoms with Crippen molar-refractivity contribution in [3.63, 3.8) is 0 Å². The van der Waals surface area contributed by atoms with Crippen molar-refractivity contribution >= 4 is 10.8 Å². The molecule has 0 radical (unpaired) electrons. The van der Waals surface area contributed by atoms with Crippen LogP contribution in [0.1, 0.15) is 0 Å². The lowest BCUT2D eigenvalue weighted by Gasteiger charge is -2.05. The van der Waals surface area contributed by atoms with Gasteiger partial charge in [-0.3, -0.25) is 4.98 Å². The van der Waals surface area contributed by atoms with Crippen LogP contribution >= 0.6 is 0 Å². The Hall–Kier alpha value is -2.15. The molecule has 3 aromatic rings. The number of benzene rings is 2. The summed E-state index contributed by atoms with van der Waals surface area (Å²) in [5.74, 6) is 0. The molecule has 1 heterocycles. The summed E-state index contributed by atoms with van der Waals surface area (Å²) in [6, 6.07) is 18.8. The van der Waals surface area contributed by atoms with Gasteiger partial charge in [0.1, 0.15) is 0 Å². The minimum Gasteiger partial charge on any atom is -0.264 e. The van der Waals surface area contributed by atoms with E-state index in [1.807, 2.05) is 24.5 Å². The highest BCUT2D eigenvalue weighted by atomic mass is 14.6. The third-order valence-electron chi connectivity index (χ3n) is 2.77. The molecule has 2 aromatic carbocycles. The molecule has 0 spiro atoms. The van der Waals surface area contributed by atoms with Gasteiger partial charge in [0.15, 0.2) is 0 Å². The number of hydrogen-bond donors (Lipinski definition) is 0. The second-order valence-corrected chi connectivity index (χ2v) is 3.77. The van der Waals surface area contributed by atoms with Crippen LogP contribution in [0.3, 0.4) is 0 Å². The normalized spacial score (nSPS) is 10.5. The van der Waals surface area contributed by atoms with E-state index < -0.39 is 0 Å². The summed E-state index contributed by atoms with van der Waals surface area (Å²) in [5.41, 5.74) is 2.48. The van der Waals surface area contributed by atoms with E-state index in [0.717, 1.165) is 0 Å². The zero-order chi connectivity index (χ0) is 10.8. The Labute approximate surface area is 94.4 Å². The molecule has 0 aliphatic carbocycles. The van der Waals surface area contributed by atoms with Crippen molar-refractivity contribution in [1.29, 1.82) is 0 Å². The van der Waals surface area contributed by atoms with Gasteiger partial charge in [0.2, 0.25) is 0 Å². The fraction of sp³-hybridized carbons (Fsp3) is 0. The van der Waals surface area contributed by atoms with E-state index in [9.17, 15) is 0 Å². The topological polar surface area (TPSA) is 12.9 Å². The second kappa shape index (κ2) is 3.78. The van der Waals surface area contributed by atoms with Gasteiger partial charge in [-0.15, -0.1) is 0 Å². The highest BCUT2D eigenvalue weighted by Crippen LogP contribution is 2.27. The first-order valence-electron chi connectivity index (χ1n) is 5.33. The van der Waals surface area contributed by atoms with Crippen molar-refractivity contribution in [1.82, 2.24) is 4.98 Å². The van der Waals surface area contributed by atoms with Crippen LogP contribution in [0.4, 0.5) is 0 Å². The first kappa shape index (κ1) is 9.10. The van der Waals surface area contributed by atoms with Crippen LogP contribution in [0.2, 0.25) is 0 Å². The van der Waals surface area contributed by atoms with Gasteiger partial charge in [0, 0.05) is 17.8 Å². The summed E-state index contributed by atoms with van der Waals surface area (Å²) in [6.07, 6.45) is 3.76. The van der Waals surface area contributed by atoms with Crippen molar-refractivity contribution in [2.75, 3.05) is 0 Å². The first-order valence-corrected chi connectivity index (χ1v) is 5.33. The summed E-state index contributed by atoms with van der Waals surface area (Å²) >= 11 is 0. The summed E-state index contributed by atoms with van der Waals surface area (Å²) in [4.78, 5) is 4.20. The molecular weight excluding hydrogens is 194 g/mol. The molecule has 0 aliphatic rings. The molecule has 0 amide bonds. The largest absolute Gasteiger partial charge is 0.264 e. The number of hydrogen-bond acceptors (Lipinski definition) is 1. The molecule has 0 unspecified atom stereocenters. The van der Waals surface area contributed by atoms with Crippen LogP contribution in [-0.4, -0.2) is 4.98 Å². The van der Waals surface area contributed by atoms with Crippen molar-refractivity contribution in [3.8, 4) is 11.1 Å². The monoisotopic (exact) mass is 205 g/mol. The zero-order valence-corrected chi connectivity index (χ0v) is 8.80. The van der Waals surface area contributed by atoms with Crippen molar-refractivity contribution < 1.29 is 0 Å². The molecule has 0 saturated heterocycles. The van der Waals surface area contributed by atoms with Gasteiger partial charge in [0.25, 0.3) is 0 Å². The minimum atomic E-state index is 1.20. The number of nitrogens with zero attached hydrogens (tertiary/aromatic N) is 1. The Morgan fingerprint density at radius 2 is 1.62 bits per heavy atom. The third kappa shape index (κ3) is 1.47. The Balaban J connectivity index is 2.32. The minimum absolute atomic E-state index is 1.20. The van der Waals surface area contributed by atoms with Gasteiger partial charge in [-0.05, 0) is 22.6 Å². The third-order valence-corrected chi connectivity index (χ3v) is 2.77. The summed E-state index contributed by atoms with van der Waals surface area (Å²) in [6.45, 7) is 0. The lowest BCUT2D eigenvalue weighted by Crippen LogP contribution is -1.81. The average Bonchev–Trinajstić information content (AvgIpc) is 2.39. The van der Waals surface area contributed by atoms with Gasteiger partial charge in [-0.25, -0.2) is 0 Å². The van der Waals surface area contributed by atoms with Gasteiger partial charge in [-0.2, -0.15) is 0 Å². The van der Waals surface area contributed by atoms with Crippen molar-refractivity contribution in [2.24, 2.45) is 0 Å². The fourth-order valence-corrected chi connectivity index (χ4v) is 1.98. The highest BCUT2D eigenvalue weighted by Gasteiger charge is 2.01. The predicted octanol–water partition coefficient (Wildman–Crippen LogP) is 3.90. The number of aromatic nitrogens is 1. The summed E-state index contributed by atoms with van der Waals surface area (Å²) in [5, 5.41) is 2.44. The molecule has 1 heteroatoms. The van der Waals surface area contributed by atoms with E-state index in [0.29, 0.717) is 0 Å². The Bertz CT molecular complexity index is 609. The molecule has 0 saturated carbocycles.